The molecule has 2 unspecified atom stereocenters. The van der Waals surface area contributed by atoms with Crippen LogP contribution in [0.2, 0.25) is 0 Å². The third kappa shape index (κ3) is 4.10. The average molecular weight is 226 g/mol. The summed E-state index contributed by atoms with van der Waals surface area (Å²) in [5.74, 6) is 0.177. The molecule has 1 amide bonds. The SMILES string of the molecule is CC1CCC(CNCCC(=O)NC2CC2)O1. The second kappa shape index (κ2) is 5.64. The Bertz CT molecular complexity index is 241. The Kier molecular flexibility index (Phi) is 4.18. The first kappa shape index (κ1) is 11.9. The van der Waals surface area contributed by atoms with E-state index in [0.717, 1.165) is 38.8 Å². The van der Waals surface area contributed by atoms with Gasteiger partial charge in [-0.1, -0.05) is 0 Å². The van der Waals surface area contributed by atoms with Gasteiger partial charge in [0.15, 0.2) is 0 Å². The van der Waals surface area contributed by atoms with Crippen LogP contribution in [0.25, 0.3) is 0 Å². The molecule has 92 valence electrons. The summed E-state index contributed by atoms with van der Waals surface area (Å²) in [6, 6.07) is 0.478. The second-order valence-electron chi connectivity index (χ2n) is 4.94. The maximum Gasteiger partial charge on any atom is 0.221 e. The van der Waals surface area contributed by atoms with Gasteiger partial charge in [0, 0.05) is 25.6 Å². The summed E-state index contributed by atoms with van der Waals surface area (Å²) < 4.78 is 5.68. The molecule has 1 aliphatic carbocycles. The third-order valence-corrected chi connectivity index (χ3v) is 3.16. The van der Waals surface area contributed by atoms with Crippen LogP contribution in [0.1, 0.15) is 39.0 Å². The summed E-state index contributed by atoms with van der Waals surface area (Å²) >= 11 is 0. The number of carbonyl (C=O) groups excluding carboxylic acids is 1. The van der Waals surface area contributed by atoms with E-state index in [9.17, 15) is 4.79 Å². The van der Waals surface area contributed by atoms with Crippen molar-refractivity contribution in [1.29, 1.82) is 0 Å². The fraction of sp³-hybridized carbons (Fsp3) is 0.917. The van der Waals surface area contributed by atoms with Gasteiger partial charge in [-0.15, -0.1) is 0 Å². The first-order valence-electron chi connectivity index (χ1n) is 6.39. The van der Waals surface area contributed by atoms with Crippen molar-refractivity contribution in [2.75, 3.05) is 13.1 Å². The van der Waals surface area contributed by atoms with Crippen molar-refractivity contribution < 1.29 is 9.53 Å². The Morgan fingerprint density at radius 3 is 2.75 bits per heavy atom. The van der Waals surface area contributed by atoms with Crippen LogP contribution in [0.3, 0.4) is 0 Å². The lowest BCUT2D eigenvalue weighted by Gasteiger charge is -2.12. The Morgan fingerprint density at radius 1 is 1.31 bits per heavy atom. The van der Waals surface area contributed by atoms with Crippen LogP contribution >= 0.6 is 0 Å². The number of hydrogen-bond acceptors (Lipinski definition) is 3. The van der Waals surface area contributed by atoms with E-state index in [2.05, 4.69) is 17.6 Å². The highest BCUT2D eigenvalue weighted by Gasteiger charge is 2.23. The van der Waals surface area contributed by atoms with Crippen molar-refractivity contribution in [3.8, 4) is 0 Å². The molecule has 1 aliphatic heterocycles. The van der Waals surface area contributed by atoms with Crippen LogP contribution in [0, 0.1) is 0 Å². The summed E-state index contributed by atoms with van der Waals surface area (Å²) in [5.41, 5.74) is 0. The monoisotopic (exact) mass is 226 g/mol. The summed E-state index contributed by atoms with van der Waals surface area (Å²) in [6.45, 7) is 3.75. The normalized spacial score (nSPS) is 29.3. The number of carbonyl (C=O) groups is 1. The molecule has 2 N–H and O–H groups in total. The van der Waals surface area contributed by atoms with Gasteiger partial charge in [-0.25, -0.2) is 0 Å². The topological polar surface area (TPSA) is 50.4 Å². The van der Waals surface area contributed by atoms with E-state index in [0.29, 0.717) is 24.7 Å². The lowest BCUT2D eigenvalue weighted by Crippen LogP contribution is -2.32. The van der Waals surface area contributed by atoms with Crippen molar-refractivity contribution in [1.82, 2.24) is 10.6 Å². The fourth-order valence-electron chi connectivity index (χ4n) is 2.03. The standard InChI is InChI=1S/C12H22N2O2/c1-9-2-5-11(16-9)8-13-7-6-12(15)14-10-3-4-10/h9-11,13H,2-8H2,1H3,(H,14,15). The molecule has 1 saturated heterocycles. The van der Waals surface area contributed by atoms with E-state index >= 15 is 0 Å². The van der Waals surface area contributed by atoms with Gasteiger partial charge in [-0.2, -0.15) is 0 Å². The van der Waals surface area contributed by atoms with Gasteiger partial charge in [0.2, 0.25) is 5.91 Å². The largest absolute Gasteiger partial charge is 0.374 e. The van der Waals surface area contributed by atoms with Crippen LogP contribution in [-0.2, 0) is 9.53 Å². The van der Waals surface area contributed by atoms with Gasteiger partial charge < -0.3 is 15.4 Å². The second-order valence-corrected chi connectivity index (χ2v) is 4.94. The van der Waals surface area contributed by atoms with E-state index in [1.165, 1.54) is 0 Å². The minimum atomic E-state index is 0.177. The minimum absolute atomic E-state index is 0.177. The van der Waals surface area contributed by atoms with E-state index in [4.69, 9.17) is 4.74 Å². The minimum Gasteiger partial charge on any atom is -0.374 e. The van der Waals surface area contributed by atoms with Crippen molar-refractivity contribution in [2.45, 2.75) is 57.3 Å². The number of hydrogen-bond donors (Lipinski definition) is 2. The zero-order valence-corrected chi connectivity index (χ0v) is 10.00. The molecule has 0 aromatic rings. The first-order chi connectivity index (χ1) is 7.74. The molecule has 2 fully saturated rings. The highest BCUT2D eigenvalue weighted by atomic mass is 16.5. The molecule has 2 rings (SSSR count). The number of ether oxygens (including phenoxy) is 1. The van der Waals surface area contributed by atoms with Gasteiger partial charge in [-0.05, 0) is 32.6 Å². The highest BCUT2D eigenvalue weighted by Crippen LogP contribution is 2.19. The van der Waals surface area contributed by atoms with Crippen molar-refractivity contribution in [3.63, 3.8) is 0 Å². The zero-order valence-electron chi connectivity index (χ0n) is 10.00. The number of nitrogens with one attached hydrogen (secondary N) is 2. The van der Waals surface area contributed by atoms with E-state index < -0.39 is 0 Å². The molecule has 2 aliphatic rings. The Morgan fingerprint density at radius 2 is 2.12 bits per heavy atom. The van der Waals surface area contributed by atoms with Crippen LogP contribution in [0.5, 0.6) is 0 Å². The zero-order chi connectivity index (χ0) is 11.4. The van der Waals surface area contributed by atoms with Crippen LogP contribution < -0.4 is 10.6 Å². The molecule has 4 heteroatoms. The first-order valence-corrected chi connectivity index (χ1v) is 6.39. The molecule has 0 spiro atoms. The lowest BCUT2D eigenvalue weighted by molar-refractivity contribution is -0.121. The molecule has 0 aromatic carbocycles. The molecule has 0 bridgehead atoms. The maximum atomic E-state index is 11.4. The fourth-order valence-corrected chi connectivity index (χ4v) is 2.03. The van der Waals surface area contributed by atoms with Crippen LogP contribution in [-0.4, -0.2) is 37.2 Å². The Balaban J connectivity index is 1.46. The molecular weight excluding hydrogens is 204 g/mol. The molecule has 16 heavy (non-hydrogen) atoms. The van der Waals surface area contributed by atoms with E-state index in [-0.39, 0.29) is 5.91 Å². The van der Waals surface area contributed by atoms with Gasteiger partial charge >= 0.3 is 0 Å². The van der Waals surface area contributed by atoms with Gasteiger partial charge in [0.1, 0.15) is 0 Å². The Labute approximate surface area is 97.1 Å². The van der Waals surface area contributed by atoms with Gasteiger partial charge in [-0.3, -0.25) is 4.79 Å². The smallest absolute Gasteiger partial charge is 0.221 e. The summed E-state index contributed by atoms with van der Waals surface area (Å²) in [5, 5.41) is 6.27. The van der Waals surface area contributed by atoms with E-state index in [1.54, 1.807) is 0 Å². The summed E-state index contributed by atoms with van der Waals surface area (Å²) in [7, 11) is 0. The Hall–Kier alpha value is -0.610. The van der Waals surface area contributed by atoms with Crippen LogP contribution in [0.15, 0.2) is 0 Å². The van der Waals surface area contributed by atoms with Gasteiger partial charge in [0.25, 0.3) is 0 Å². The maximum absolute atomic E-state index is 11.4. The van der Waals surface area contributed by atoms with Crippen molar-refractivity contribution >= 4 is 5.91 Å². The third-order valence-electron chi connectivity index (χ3n) is 3.16. The molecular formula is C12H22N2O2. The molecule has 1 heterocycles. The highest BCUT2D eigenvalue weighted by molar-refractivity contribution is 5.76. The van der Waals surface area contributed by atoms with Crippen molar-refractivity contribution in [2.24, 2.45) is 0 Å². The molecule has 2 atom stereocenters. The predicted molar refractivity (Wildman–Crippen MR) is 62.2 cm³/mol. The van der Waals surface area contributed by atoms with E-state index in [1.807, 2.05) is 0 Å². The summed E-state index contributed by atoms with van der Waals surface area (Å²) in [6.07, 6.45) is 5.96. The number of amides is 1. The average Bonchev–Trinajstić information content (AvgIpc) is 2.95. The lowest BCUT2D eigenvalue weighted by atomic mass is 10.2. The molecule has 1 saturated carbocycles. The quantitative estimate of drug-likeness (QED) is 0.659. The molecule has 4 nitrogen and oxygen atoms in total. The number of rotatable bonds is 6. The predicted octanol–water partition coefficient (Wildman–Crippen LogP) is 0.812. The molecule has 0 radical (unpaired) electrons. The summed E-state index contributed by atoms with van der Waals surface area (Å²) in [4.78, 5) is 11.4. The van der Waals surface area contributed by atoms with Crippen molar-refractivity contribution in [3.05, 3.63) is 0 Å². The van der Waals surface area contributed by atoms with Gasteiger partial charge in [0.05, 0.1) is 12.2 Å². The molecule has 0 aromatic heterocycles. The van der Waals surface area contributed by atoms with Crippen LogP contribution in [0.4, 0.5) is 0 Å².